The van der Waals surface area contributed by atoms with Crippen LogP contribution in [-0.2, 0) is 19.2 Å². The van der Waals surface area contributed by atoms with Crippen molar-refractivity contribution in [1.82, 2.24) is 0 Å². The first-order chi connectivity index (χ1) is 23.2. The second kappa shape index (κ2) is 23.6. The van der Waals surface area contributed by atoms with Crippen molar-refractivity contribution in [3.05, 3.63) is 75.3 Å². The molecule has 1 atom stereocenters. The first kappa shape index (κ1) is 50.7. The molecule has 1 aliphatic heterocycles. The van der Waals surface area contributed by atoms with Crippen molar-refractivity contribution in [3.63, 3.8) is 0 Å². The Morgan fingerprint density at radius 2 is 1.17 bits per heavy atom. The summed E-state index contributed by atoms with van der Waals surface area (Å²) >= 11 is 0. The number of aliphatic hydroxyl groups excluding tert-OH is 1. The molecule has 53 heavy (non-hydrogen) atoms. The molecule has 260 valence electrons. The van der Waals surface area contributed by atoms with Gasteiger partial charge in [0.2, 0.25) is 6.79 Å². The van der Waals surface area contributed by atoms with Crippen LogP contribution < -0.4 is 167 Å². The van der Waals surface area contributed by atoms with Crippen LogP contribution in [0.4, 0.5) is 17.1 Å². The van der Waals surface area contributed by atoms with Gasteiger partial charge in [-0.05, 0) is 48.4 Å². The number of ether oxygens (including phenoxy) is 4. The average molecular weight is 774 g/mol. The van der Waals surface area contributed by atoms with Gasteiger partial charge in [0.05, 0.1) is 78.0 Å². The zero-order valence-electron chi connectivity index (χ0n) is 29.7. The number of carbonyl (C=O) groups excluding carboxylic acids is 4. The molecule has 1 heterocycles. The fraction of sp³-hybridized carbons (Fsp3) is 0.290. The van der Waals surface area contributed by atoms with E-state index < -0.39 is 66.8 Å². The van der Waals surface area contributed by atoms with Crippen LogP contribution in [0.15, 0.2) is 48.5 Å². The molecule has 3 aromatic carbocycles. The maximum Gasteiger partial charge on any atom is 1.00 e. The Kier molecular flexibility index (Phi) is 22.6. The predicted octanol–water partition coefficient (Wildman–Crippen LogP) is -15.2. The zero-order chi connectivity index (χ0) is 35.8. The van der Waals surface area contributed by atoms with Gasteiger partial charge in [-0.2, -0.15) is 0 Å². The van der Waals surface area contributed by atoms with Crippen LogP contribution in [0.1, 0.15) is 22.8 Å². The number of aliphatic hydroxyl groups is 1. The summed E-state index contributed by atoms with van der Waals surface area (Å²) in [5.41, 5.74) is 0.0157. The molecule has 1 N–H and O–H groups in total. The smallest absolute Gasteiger partial charge is 0.548 e. The zero-order valence-corrected chi connectivity index (χ0v) is 37.7. The Balaban J connectivity index is 0.00000676. The maximum atomic E-state index is 11.8. The molecule has 0 amide bonds. The molecule has 1 unspecified atom stereocenters. The van der Waals surface area contributed by atoms with Gasteiger partial charge in [0, 0.05) is 0 Å². The van der Waals surface area contributed by atoms with Crippen molar-refractivity contribution in [3.8, 4) is 23.0 Å². The van der Waals surface area contributed by atoms with Crippen LogP contribution in [0.2, 0.25) is 0 Å². The number of hydrogen-bond donors (Lipinski definition) is 1. The molecule has 0 saturated carbocycles. The number of aryl methyl sites for hydroxylation is 1. The minimum absolute atomic E-state index is 0. The van der Waals surface area contributed by atoms with Gasteiger partial charge in [-0.1, -0.05) is 12.1 Å². The van der Waals surface area contributed by atoms with Gasteiger partial charge in [0.15, 0.2) is 11.5 Å². The Morgan fingerprint density at radius 1 is 0.736 bits per heavy atom. The molecule has 4 rings (SSSR count). The van der Waals surface area contributed by atoms with Crippen LogP contribution in [0.3, 0.4) is 0 Å². The van der Waals surface area contributed by atoms with Crippen LogP contribution >= 0.6 is 0 Å². The molecule has 0 spiro atoms. The topological polar surface area (TPSA) is 267 Å². The number of aliphatic carboxylic acids is 4. The Morgan fingerprint density at radius 3 is 1.62 bits per heavy atom. The first-order valence-electron chi connectivity index (χ1n) is 14.3. The molecule has 0 saturated heterocycles. The van der Waals surface area contributed by atoms with Crippen molar-refractivity contribution >= 4 is 40.9 Å². The van der Waals surface area contributed by atoms with Crippen molar-refractivity contribution in [2.75, 3.05) is 56.0 Å². The first-order valence-corrected chi connectivity index (χ1v) is 14.3. The van der Waals surface area contributed by atoms with Crippen LogP contribution in [0, 0.1) is 17.0 Å². The minimum Gasteiger partial charge on any atom is -0.548 e. The number of carboxylic acids is 4. The molecule has 3 aromatic rings. The number of nitro benzene ring substituents is 1. The van der Waals surface area contributed by atoms with E-state index in [0.29, 0.717) is 5.56 Å². The van der Waals surface area contributed by atoms with E-state index >= 15 is 0 Å². The van der Waals surface area contributed by atoms with Crippen LogP contribution in [0.25, 0.3) is 0 Å². The molecule has 0 aliphatic carbocycles. The normalized spacial score (nSPS) is 11.2. The fourth-order valence-corrected chi connectivity index (χ4v) is 4.96. The number of fused-ring (bicyclic) bond motifs is 1. The monoisotopic (exact) mass is 773 g/mol. The molecule has 0 fully saturated rings. The van der Waals surface area contributed by atoms with Gasteiger partial charge in [-0.3, -0.25) is 10.1 Å². The number of carboxylic acid groups (broad SMARTS) is 4. The van der Waals surface area contributed by atoms with Crippen molar-refractivity contribution in [1.29, 1.82) is 0 Å². The summed E-state index contributed by atoms with van der Waals surface area (Å²) in [5, 5.41) is 68.5. The summed E-state index contributed by atoms with van der Waals surface area (Å²) < 4.78 is 22.1. The molecule has 18 nitrogen and oxygen atoms in total. The SMILES string of the molecule is Cc1ccc(N(CC(=O)[O-])CC(=O)[O-])c(OCCOc2cc(C(O)c3cc4c(cc3[N+](=O)[O-])OCO4)ccc2N(CC(=O)[O-])CC(=O)[O-])c1.[Na+].[Na+].[Na+].[Na+]. The minimum atomic E-state index is -1.66. The van der Waals surface area contributed by atoms with Gasteiger partial charge in [-0.25, -0.2) is 0 Å². The van der Waals surface area contributed by atoms with Crippen LogP contribution in [0.5, 0.6) is 23.0 Å². The largest absolute Gasteiger partial charge is 1.00 e. The molecule has 0 aromatic heterocycles. The van der Waals surface area contributed by atoms with Crippen molar-refractivity contribution in [2.45, 2.75) is 13.0 Å². The molecule has 0 bridgehead atoms. The number of nitrogens with zero attached hydrogens (tertiary/aromatic N) is 3. The van der Waals surface area contributed by atoms with E-state index in [-0.39, 0.29) is 184 Å². The number of rotatable bonds is 18. The fourth-order valence-electron chi connectivity index (χ4n) is 4.96. The second-order valence-corrected chi connectivity index (χ2v) is 10.5. The number of hydrogen-bond acceptors (Lipinski definition) is 17. The van der Waals surface area contributed by atoms with Gasteiger partial charge in [0.25, 0.3) is 5.69 Å². The molecule has 0 radical (unpaired) electrons. The number of nitro groups is 1. The van der Waals surface area contributed by atoms with E-state index in [2.05, 4.69) is 0 Å². The number of anilines is 2. The molecule has 22 heteroatoms. The Labute approximate surface area is 390 Å². The third kappa shape index (κ3) is 14.4. The van der Waals surface area contributed by atoms with Crippen LogP contribution in [-0.4, -0.2) is 80.1 Å². The summed E-state index contributed by atoms with van der Waals surface area (Å²) in [6.07, 6.45) is -1.66. The van der Waals surface area contributed by atoms with E-state index in [0.717, 1.165) is 15.9 Å². The molecule has 1 aliphatic rings. The molecular formula is C31H27N3Na4O15. The summed E-state index contributed by atoms with van der Waals surface area (Å²) in [4.78, 5) is 58.4. The van der Waals surface area contributed by atoms with E-state index in [9.17, 15) is 54.8 Å². The summed E-state index contributed by atoms with van der Waals surface area (Å²) in [6, 6.07) is 10.6. The predicted molar refractivity (Wildman–Crippen MR) is 156 cm³/mol. The Bertz CT molecular complexity index is 1750. The molecular weight excluding hydrogens is 746 g/mol. The summed E-state index contributed by atoms with van der Waals surface area (Å²) in [5.74, 6) is -6.26. The van der Waals surface area contributed by atoms with Crippen molar-refractivity contribution in [2.24, 2.45) is 0 Å². The number of carbonyl (C=O) groups is 4. The standard InChI is InChI=1S/C31H31N3O15.4Na/c1-17-2-4-20(32(12-27(35)36)13-28(37)38)23(8-17)46-6-7-47-24-9-18(3-5-21(24)33(14-29(39)40)15-30(41)42)31(43)19-10-25-26(49-16-48-25)11-22(19)34(44)45;;;;/h2-5,8-11,31,43H,6-7,12-16H2,1H3,(H,35,36)(H,37,38)(H,39,40)(H,41,42);;;;/q;4*+1/p-4. The third-order valence-electron chi connectivity index (χ3n) is 6.99. The summed E-state index contributed by atoms with van der Waals surface area (Å²) in [7, 11) is 0. The maximum absolute atomic E-state index is 11.8. The Hall–Kier alpha value is -2.30. The van der Waals surface area contributed by atoms with E-state index in [1.165, 1.54) is 36.4 Å². The van der Waals surface area contributed by atoms with E-state index in [1.807, 2.05) is 0 Å². The third-order valence-corrected chi connectivity index (χ3v) is 6.99. The van der Waals surface area contributed by atoms with E-state index in [4.69, 9.17) is 18.9 Å². The summed E-state index contributed by atoms with van der Waals surface area (Å²) in [6.45, 7) is -2.50. The van der Waals surface area contributed by atoms with Gasteiger partial charge >= 0.3 is 118 Å². The number of benzene rings is 3. The van der Waals surface area contributed by atoms with Gasteiger partial charge in [-0.15, -0.1) is 0 Å². The quantitative estimate of drug-likeness (QED) is 0.0544. The van der Waals surface area contributed by atoms with E-state index in [1.54, 1.807) is 13.0 Å². The van der Waals surface area contributed by atoms with Crippen molar-refractivity contribution < 1.29 is 187 Å². The van der Waals surface area contributed by atoms with Gasteiger partial charge in [0.1, 0.15) is 30.8 Å². The van der Waals surface area contributed by atoms with Gasteiger partial charge < -0.3 is 73.5 Å². The second-order valence-electron chi connectivity index (χ2n) is 10.5. The average Bonchev–Trinajstić information content (AvgIpc) is 3.48.